The van der Waals surface area contributed by atoms with Crippen molar-refractivity contribution in [2.24, 2.45) is 5.73 Å². The van der Waals surface area contributed by atoms with E-state index in [0.29, 0.717) is 0 Å². The van der Waals surface area contributed by atoms with Crippen molar-refractivity contribution in [3.63, 3.8) is 0 Å². The van der Waals surface area contributed by atoms with Gasteiger partial charge in [0.1, 0.15) is 22.7 Å². The van der Waals surface area contributed by atoms with Crippen LogP contribution in [0.4, 0.5) is 11.5 Å². The molecule has 144 valence electrons. The first-order valence-electron chi connectivity index (χ1n) is 9.42. The molecule has 1 aliphatic carbocycles. The first-order valence-corrected chi connectivity index (χ1v) is 10.2. The fourth-order valence-electron chi connectivity index (χ4n) is 3.99. The maximum Gasteiger partial charge on any atom is 0.144 e. The predicted molar refractivity (Wildman–Crippen MR) is 113 cm³/mol. The Balaban J connectivity index is 1.61. The van der Waals surface area contributed by atoms with Gasteiger partial charge in [-0.2, -0.15) is 5.10 Å². The van der Waals surface area contributed by atoms with E-state index in [9.17, 15) is 0 Å². The van der Waals surface area contributed by atoms with Crippen LogP contribution in [0.2, 0.25) is 0 Å². The van der Waals surface area contributed by atoms with Crippen molar-refractivity contribution in [3.05, 3.63) is 35.1 Å². The largest absolute Gasteiger partial charge is 0.494 e. The molecule has 1 aromatic carbocycles. The van der Waals surface area contributed by atoms with Gasteiger partial charge in [0, 0.05) is 28.3 Å². The van der Waals surface area contributed by atoms with Crippen molar-refractivity contribution in [1.29, 1.82) is 0 Å². The zero-order chi connectivity index (χ0) is 19.3. The smallest absolute Gasteiger partial charge is 0.144 e. The predicted octanol–water partition coefficient (Wildman–Crippen LogP) is 3.92. The molecule has 0 radical (unpaired) electrons. The van der Waals surface area contributed by atoms with Crippen molar-refractivity contribution >= 4 is 44.0 Å². The number of aromatic amines is 1. The molecular formula is C20H22N6OS. The van der Waals surface area contributed by atoms with E-state index in [1.54, 1.807) is 31.0 Å². The molecule has 0 aliphatic heterocycles. The number of H-pyrrole nitrogens is 1. The minimum atomic E-state index is -0.107. The lowest BCUT2D eigenvalue weighted by Gasteiger charge is -2.32. The number of ether oxygens (including phenoxy) is 1. The van der Waals surface area contributed by atoms with Gasteiger partial charge in [-0.05, 0) is 30.9 Å². The van der Waals surface area contributed by atoms with Crippen LogP contribution in [0.5, 0.6) is 5.75 Å². The van der Waals surface area contributed by atoms with E-state index in [1.165, 1.54) is 10.4 Å². The molecule has 0 fully saturated rings. The maximum absolute atomic E-state index is 6.57. The number of nitrogens with two attached hydrogens (primary N) is 1. The summed E-state index contributed by atoms with van der Waals surface area (Å²) in [5.74, 6) is 1.55. The molecule has 3 aromatic heterocycles. The van der Waals surface area contributed by atoms with E-state index in [0.717, 1.165) is 64.1 Å². The topological polar surface area (TPSA) is 102 Å². The molecule has 28 heavy (non-hydrogen) atoms. The molecule has 1 atom stereocenters. The van der Waals surface area contributed by atoms with Gasteiger partial charge < -0.3 is 15.8 Å². The summed E-state index contributed by atoms with van der Waals surface area (Å²) < 4.78 is 5.58. The molecule has 1 unspecified atom stereocenters. The lowest BCUT2D eigenvalue weighted by atomic mass is 9.80. The van der Waals surface area contributed by atoms with Crippen molar-refractivity contribution < 1.29 is 4.74 Å². The quantitative estimate of drug-likeness (QED) is 0.485. The zero-order valence-electron chi connectivity index (χ0n) is 15.9. The molecule has 4 aromatic rings. The molecule has 3 heterocycles. The van der Waals surface area contributed by atoms with Crippen LogP contribution in [-0.4, -0.2) is 32.8 Å². The van der Waals surface area contributed by atoms with Gasteiger partial charge in [0.25, 0.3) is 0 Å². The van der Waals surface area contributed by atoms with Crippen LogP contribution in [0.15, 0.2) is 24.7 Å². The third-order valence-electron chi connectivity index (χ3n) is 5.77. The van der Waals surface area contributed by atoms with Crippen molar-refractivity contribution in [1.82, 2.24) is 20.2 Å². The number of aromatic nitrogens is 4. The number of nitrogens with zero attached hydrogens (tertiary/aromatic N) is 3. The monoisotopic (exact) mass is 394 g/mol. The molecule has 5 rings (SSSR count). The van der Waals surface area contributed by atoms with E-state index < -0.39 is 0 Å². The van der Waals surface area contributed by atoms with Gasteiger partial charge in [-0.1, -0.05) is 6.92 Å². The molecule has 0 saturated heterocycles. The SMILES string of the molecule is CCC1(N)CCc2c(sc3ncnc(Nc4cc5cn[nH]c5cc4OC)c23)C1. The van der Waals surface area contributed by atoms with Crippen molar-refractivity contribution in [3.8, 4) is 5.75 Å². The van der Waals surface area contributed by atoms with E-state index in [-0.39, 0.29) is 5.54 Å². The summed E-state index contributed by atoms with van der Waals surface area (Å²) >= 11 is 1.74. The van der Waals surface area contributed by atoms with Crippen molar-refractivity contribution in [2.45, 2.75) is 38.1 Å². The summed E-state index contributed by atoms with van der Waals surface area (Å²) in [6.07, 6.45) is 7.25. The first-order chi connectivity index (χ1) is 13.6. The fraction of sp³-hybridized carbons (Fsp3) is 0.350. The molecule has 0 amide bonds. The molecule has 0 bridgehead atoms. The number of methoxy groups -OCH3 is 1. The number of thiophene rings is 1. The minimum absolute atomic E-state index is 0.107. The average molecular weight is 395 g/mol. The standard InChI is InChI=1S/C20H22N6OS/c1-3-20(21)5-4-12-16(8-20)28-19-17(12)18(22-10-23-19)25-14-6-11-9-24-26-13(11)7-15(14)27-2/h6-7,9-10H,3-5,8,21H2,1-2H3,(H,24,26)(H,22,23,25). The highest BCUT2D eigenvalue weighted by molar-refractivity contribution is 7.19. The Labute approximate surface area is 166 Å². The Bertz CT molecular complexity index is 1180. The highest BCUT2D eigenvalue weighted by Crippen LogP contribution is 2.42. The number of aryl methyl sites for hydroxylation is 1. The third-order valence-corrected chi connectivity index (χ3v) is 6.91. The second kappa shape index (κ2) is 6.42. The third kappa shape index (κ3) is 2.71. The van der Waals surface area contributed by atoms with Crippen LogP contribution >= 0.6 is 11.3 Å². The summed E-state index contributed by atoms with van der Waals surface area (Å²) in [4.78, 5) is 11.4. The van der Waals surface area contributed by atoms with Crippen LogP contribution in [0.1, 0.15) is 30.2 Å². The summed E-state index contributed by atoms with van der Waals surface area (Å²) in [5.41, 5.74) is 9.58. The Hall–Kier alpha value is -2.71. The van der Waals surface area contributed by atoms with Crippen LogP contribution in [0.25, 0.3) is 21.1 Å². The second-order valence-corrected chi connectivity index (χ2v) is 8.52. The van der Waals surface area contributed by atoms with Gasteiger partial charge >= 0.3 is 0 Å². The van der Waals surface area contributed by atoms with Gasteiger partial charge in [0.15, 0.2) is 0 Å². The summed E-state index contributed by atoms with van der Waals surface area (Å²) in [6.45, 7) is 2.17. The number of benzene rings is 1. The lowest BCUT2D eigenvalue weighted by molar-refractivity contribution is 0.364. The fourth-order valence-corrected chi connectivity index (χ4v) is 5.33. The highest BCUT2D eigenvalue weighted by Gasteiger charge is 2.32. The number of fused-ring (bicyclic) bond motifs is 4. The van der Waals surface area contributed by atoms with Gasteiger partial charge in [-0.3, -0.25) is 5.10 Å². The number of hydrogen-bond donors (Lipinski definition) is 3. The minimum Gasteiger partial charge on any atom is -0.494 e. The molecule has 7 nitrogen and oxygen atoms in total. The van der Waals surface area contributed by atoms with Gasteiger partial charge in [0.2, 0.25) is 0 Å². The molecule has 8 heteroatoms. The van der Waals surface area contributed by atoms with Crippen LogP contribution < -0.4 is 15.8 Å². The van der Waals surface area contributed by atoms with Gasteiger partial charge in [-0.25, -0.2) is 9.97 Å². The van der Waals surface area contributed by atoms with Crippen LogP contribution in [0, 0.1) is 0 Å². The van der Waals surface area contributed by atoms with Gasteiger partial charge in [-0.15, -0.1) is 11.3 Å². The van der Waals surface area contributed by atoms with Crippen LogP contribution in [-0.2, 0) is 12.8 Å². The molecule has 1 aliphatic rings. The molecule has 0 saturated carbocycles. The Kier molecular flexibility index (Phi) is 3.99. The highest BCUT2D eigenvalue weighted by atomic mass is 32.1. The number of nitrogens with one attached hydrogen (secondary N) is 2. The Morgan fingerprint density at radius 2 is 2.25 bits per heavy atom. The Morgan fingerprint density at radius 3 is 3.07 bits per heavy atom. The molecule has 0 spiro atoms. The van der Waals surface area contributed by atoms with E-state index >= 15 is 0 Å². The number of anilines is 2. The van der Waals surface area contributed by atoms with Gasteiger partial charge in [0.05, 0.1) is 29.9 Å². The van der Waals surface area contributed by atoms with E-state index in [2.05, 4.69) is 32.4 Å². The first kappa shape index (κ1) is 17.4. The second-order valence-electron chi connectivity index (χ2n) is 7.43. The molecule has 4 N–H and O–H groups in total. The lowest BCUT2D eigenvalue weighted by Crippen LogP contribution is -2.43. The maximum atomic E-state index is 6.57. The molecular weight excluding hydrogens is 372 g/mol. The number of hydrogen-bond acceptors (Lipinski definition) is 7. The summed E-state index contributed by atoms with van der Waals surface area (Å²) in [7, 11) is 1.66. The van der Waals surface area contributed by atoms with Crippen LogP contribution in [0.3, 0.4) is 0 Å². The summed E-state index contributed by atoms with van der Waals surface area (Å²) in [6, 6.07) is 3.96. The Morgan fingerprint density at radius 1 is 1.36 bits per heavy atom. The normalized spacial score (nSPS) is 19.1. The van der Waals surface area contributed by atoms with E-state index in [4.69, 9.17) is 10.5 Å². The summed E-state index contributed by atoms with van der Waals surface area (Å²) in [5, 5.41) is 12.7. The number of rotatable bonds is 4. The zero-order valence-corrected chi connectivity index (χ0v) is 16.7. The average Bonchev–Trinajstić information content (AvgIpc) is 3.30. The van der Waals surface area contributed by atoms with Crippen molar-refractivity contribution in [2.75, 3.05) is 12.4 Å². The van der Waals surface area contributed by atoms with E-state index in [1.807, 2.05) is 12.1 Å².